The number of nitrogens with zero attached hydrogens (tertiary/aromatic N) is 1. The SMILES string of the molecule is Nc1n[nH]c(-c2ccc(Cl)cc2)c1Cl. The molecule has 14 heavy (non-hydrogen) atoms. The van der Waals surface area contributed by atoms with Crippen LogP contribution in [-0.2, 0) is 0 Å². The number of hydrogen-bond acceptors (Lipinski definition) is 2. The molecule has 0 radical (unpaired) electrons. The second-order valence-corrected chi connectivity index (χ2v) is 3.62. The summed E-state index contributed by atoms with van der Waals surface area (Å²) in [5.74, 6) is 0.302. The number of halogens is 2. The predicted octanol–water partition coefficient (Wildman–Crippen LogP) is 2.97. The topological polar surface area (TPSA) is 54.7 Å². The van der Waals surface area contributed by atoms with Gasteiger partial charge in [-0.1, -0.05) is 35.3 Å². The lowest BCUT2D eigenvalue weighted by Gasteiger charge is -1.97. The first kappa shape index (κ1) is 9.37. The first-order chi connectivity index (χ1) is 6.68. The van der Waals surface area contributed by atoms with Gasteiger partial charge in [-0.05, 0) is 12.1 Å². The number of hydrogen-bond donors (Lipinski definition) is 2. The van der Waals surface area contributed by atoms with E-state index in [4.69, 9.17) is 28.9 Å². The van der Waals surface area contributed by atoms with Crippen LogP contribution >= 0.6 is 23.2 Å². The zero-order valence-electron chi connectivity index (χ0n) is 7.09. The minimum absolute atomic E-state index is 0.302. The third-order valence-electron chi connectivity index (χ3n) is 1.87. The predicted molar refractivity (Wildman–Crippen MR) is 58.5 cm³/mol. The minimum atomic E-state index is 0.302. The summed E-state index contributed by atoms with van der Waals surface area (Å²) in [5, 5.41) is 7.68. The van der Waals surface area contributed by atoms with E-state index >= 15 is 0 Å². The van der Waals surface area contributed by atoms with Crippen LogP contribution in [0.15, 0.2) is 24.3 Å². The van der Waals surface area contributed by atoms with E-state index in [1.54, 1.807) is 12.1 Å². The molecule has 0 saturated carbocycles. The number of H-pyrrole nitrogens is 1. The zero-order valence-corrected chi connectivity index (χ0v) is 8.60. The fourth-order valence-corrected chi connectivity index (χ4v) is 1.47. The summed E-state index contributed by atoms with van der Waals surface area (Å²) in [5.41, 5.74) is 7.12. The molecule has 3 N–H and O–H groups in total. The lowest BCUT2D eigenvalue weighted by Crippen LogP contribution is -1.83. The van der Waals surface area contributed by atoms with Gasteiger partial charge in [0.25, 0.3) is 0 Å². The summed E-state index contributed by atoms with van der Waals surface area (Å²) in [6, 6.07) is 7.26. The smallest absolute Gasteiger partial charge is 0.164 e. The molecule has 0 spiro atoms. The van der Waals surface area contributed by atoms with Crippen LogP contribution in [0.5, 0.6) is 0 Å². The van der Waals surface area contributed by atoms with Gasteiger partial charge >= 0.3 is 0 Å². The molecule has 72 valence electrons. The van der Waals surface area contributed by atoms with Crippen LogP contribution in [0, 0.1) is 0 Å². The molecule has 0 aliphatic heterocycles. The summed E-state index contributed by atoms with van der Waals surface area (Å²) in [6.45, 7) is 0. The number of benzene rings is 1. The molecule has 2 aromatic rings. The monoisotopic (exact) mass is 227 g/mol. The van der Waals surface area contributed by atoms with Crippen molar-refractivity contribution in [3.05, 3.63) is 34.3 Å². The Morgan fingerprint density at radius 3 is 2.29 bits per heavy atom. The van der Waals surface area contributed by atoms with Gasteiger partial charge < -0.3 is 5.73 Å². The molecule has 2 rings (SSSR count). The van der Waals surface area contributed by atoms with Gasteiger partial charge in [-0.25, -0.2) is 0 Å². The summed E-state index contributed by atoms with van der Waals surface area (Å²) < 4.78 is 0. The molecule has 0 unspecified atom stereocenters. The van der Waals surface area contributed by atoms with Gasteiger partial charge in [0.2, 0.25) is 0 Å². The Hall–Kier alpha value is -1.19. The second kappa shape index (κ2) is 3.52. The summed E-state index contributed by atoms with van der Waals surface area (Å²) in [4.78, 5) is 0. The van der Waals surface area contributed by atoms with Crippen molar-refractivity contribution in [2.24, 2.45) is 0 Å². The molecule has 0 saturated heterocycles. The third-order valence-corrected chi connectivity index (χ3v) is 2.50. The van der Waals surface area contributed by atoms with Gasteiger partial charge in [-0.3, -0.25) is 5.10 Å². The van der Waals surface area contributed by atoms with Crippen molar-refractivity contribution in [1.29, 1.82) is 0 Å². The number of nitrogens with two attached hydrogens (primary N) is 1. The molecule has 0 fully saturated rings. The molecule has 0 amide bonds. The van der Waals surface area contributed by atoms with Crippen molar-refractivity contribution in [2.45, 2.75) is 0 Å². The Kier molecular flexibility index (Phi) is 2.35. The van der Waals surface area contributed by atoms with Crippen molar-refractivity contribution in [2.75, 3.05) is 5.73 Å². The molecular formula is C9H7Cl2N3. The molecule has 1 heterocycles. The number of aromatic amines is 1. The minimum Gasteiger partial charge on any atom is -0.381 e. The van der Waals surface area contributed by atoms with E-state index < -0.39 is 0 Å². The van der Waals surface area contributed by atoms with Crippen LogP contribution in [0.4, 0.5) is 5.82 Å². The number of aromatic nitrogens is 2. The standard InChI is InChI=1S/C9H7Cl2N3/c10-6-3-1-5(2-4-6)8-7(11)9(12)14-13-8/h1-4H,(H3,12,13,14). The average molecular weight is 228 g/mol. The Balaban J connectivity index is 2.49. The first-order valence-electron chi connectivity index (χ1n) is 3.94. The number of anilines is 1. The molecule has 0 aliphatic rings. The van der Waals surface area contributed by atoms with Crippen LogP contribution in [-0.4, -0.2) is 10.2 Å². The fourth-order valence-electron chi connectivity index (χ4n) is 1.15. The van der Waals surface area contributed by atoms with Crippen molar-refractivity contribution in [3.63, 3.8) is 0 Å². The molecular weight excluding hydrogens is 221 g/mol. The van der Waals surface area contributed by atoms with Crippen LogP contribution in [0.25, 0.3) is 11.3 Å². The van der Waals surface area contributed by atoms with Crippen LogP contribution in [0.3, 0.4) is 0 Å². The highest BCUT2D eigenvalue weighted by atomic mass is 35.5. The first-order valence-corrected chi connectivity index (χ1v) is 4.69. The number of nitrogens with one attached hydrogen (secondary N) is 1. The van der Waals surface area contributed by atoms with E-state index in [0.717, 1.165) is 5.56 Å². The Morgan fingerprint density at radius 1 is 1.14 bits per heavy atom. The lowest BCUT2D eigenvalue weighted by atomic mass is 10.1. The summed E-state index contributed by atoms with van der Waals surface area (Å²) in [6.07, 6.45) is 0. The quantitative estimate of drug-likeness (QED) is 0.788. The van der Waals surface area contributed by atoms with Gasteiger partial charge in [-0.15, -0.1) is 0 Å². The van der Waals surface area contributed by atoms with E-state index in [9.17, 15) is 0 Å². The van der Waals surface area contributed by atoms with Crippen molar-refractivity contribution in [1.82, 2.24) is 10.2 Å². The molecule has 0 aliphatic carbocycles. The fraction of sp³-hybridized carbons (Fsp3) is 0. The van der Waals surface area contributed by atoms with Gasteiger partial charge in [-0.2, -0.15) is 5.10 Å². The highest BCUT2D eigenvalue weighted by Crippen LogP contribution is 2.30. The highest BCUT2D eigenvalue weighted by molar-refractivity contribution is 6.35. The van der Waals surface area contributed by atoms with Crippen LogP contribution in [0.1, 0.15) is 0 Å². The van der Waals surface area contributed by atoms with E-state index in [1.165, 1.54) is 0 Å². The molecule has 5 heteroatoms. The van der Waals surface area contributed by atoms with Crippen LogP contribution in [0.2, 0.25) is 10.0 Å². The molecule has 3 nitrogen and oxygen atoms in total. The van der Waals surface area contributed by atoms with Gasteiger partial charge in [0.15, 0.2) is 5.82 Å². The normalized spacial score (nSPS) is 10.4. The molecule has 0 atom stereocenters. The van der Waals surface area contributed by atoms with Crippen LogP contribution < -0.4 is 5.73 Å². The molecule has 1 aromatic carbocycles. The summed E-state index contributed by atoms with van der Waals surface area (Å²) in [7, 11) is 0. The third kappa shape index (κ3) is 1.56. The maximum Gasteiger partial charge on any atom is 0.164 e. The largest absolute Gasteiger partial charge is 0.381 e. The van der Waals surface area contributed by atoms with E-state index in [1.807, 2.05) is 12.1 Å². The molecule has 1 aromatic heterocycles. The number of rotatable bonds is 1. The summed E-state index contributed by atoms with van der Waals surface area (Å²) >= 11 is 11.7. The van der Waals surface area contributed by atoms with E-state index in [-0.39, 0.29) is 0 Å². The van der Waals surface area contributed by atoms with E-state index in [0.29, 0.717) is 21.6 Å². The Labute approximate surface area is 90.8 Å². The second-order valence-electron chi connectivity index (χ2n) is 2.80. The van der Waals surface area contributed by atoms with Gasteiger partial charge in [0.1, 0.15) is 5.02 Å². The zero-order chi connectivity index (χ0) is 10.1. The van der Waals surface area contributed by atoms with Gasteiger partial charge in [0, 0.05) is 10.6 Å². The average Bonchev–Trinajstić information content (AvgIpc) is 2.50. The maximum absolute atomic E-state index is 5.93. The maximum atomic E-state index is 5.93. The molecule has 0 bridgehead atoms. The Bertz CT molecular complexity index is 448. The number of nitrogen functional groups attached to an aromatic ring is 1. The van der Waals surface area contributed by atoms with E-state index in [2.05, 4.69) is 10.2 Å². The van der Waals surface area contributed by atoms with Crippen molar-refractivity contribution in [3.8, 4) is 11.3 Å². The van der Waals surface area contributed by atoms with Crippen molar-refractivity contribution >= 4 is 29.0 Å². The van der Waals surface area contributed by atoms with Crippen molar-refractivity contribution < 1.29 is 0 Å². The highest BCUT2D eigenvalue weighted by Gasteiger charge is 2.09. The Morgan fingerprint density at radius 2 is 1.79 bits per heavy atom. The lowest BCUT2D eigenvalue weighted by molar-refractivity contribution is 1.10. The van der Waals surface area contributed by atoms with Gasteiger partial charge in [0.05, 0.1) is 5.69 Å².